The normalized spacial score (nSPS) is 14.5. The van der Waals surface area contributed by atoms with Crippen molar-refractivity contribution in [2.75, 3.05) is 44.6 Å². The summed E-state index contributed by atoms with van der Waals surface area (Å²) >= 11 is 0. The van der Waals surface area contributed by atoms with Gasteiger partial charge in [0.05, 0.1) is 13.2 Å². The first-order chi connectivity index (χ1) is 13.9. The molecule has 0 saturated carbocycles. The molecule has 154 valence electrons. The number of benzene rings is 2. The Balaban J connectivity index is 1.47. The molecule has 1 saturated heterocycles. The first-order valence-corrected chi connectivity index (χ1v) is 10.1. The minimum atomic E-state index is -0.0526. The fraction of sp³-hybridized carbons (Fsp3) is 0.391. The Morgan fingerprint density at radius 2 is 1.59 bits per heavy atom. The van der Waals surface area contributed by atoms with Gasteiger partial charge in [0.1, 0.15) is 5.75 Å². The van der Waals surface area contributed by atoms with Crippen LogP contribution >= 0.6 is 0 Å². The number of amides is 2. The van der Waals surface area contributed by atoms with Crippen molar-refractivity contribution < 1.29 is 14.3 Å². The Hall–Kier alpha value is -2.86. The molecular formula is C23H29N3O3. The molecule has 0 radical (unpaired) electrons. The van der Waals surface area contributed by atoms with Gasteiger partial charge in [-0.3, -0.25) is 14.5 Å². The topological polar surface area (TPSA) is 61.9 Å². The first kappa shape index (κ1) is 20.9. The van der Waals surface area contributed by atoms with Crippen LogP contribution in [0.3, 0.4) is 0 Å². The highest BCUT2D eigenvalue weighted by molar-refractivity contribution is 5.95. The molecule has 2 aromatic carbocycles. The summed E-state index contributed by atoms with van der Waals surface area (Å²) in [5.74, 6) is 0.800. The minimum Gasteiger partial charge on any atom is -0.494 e. The number of aryl methyl sites for hydroxylation is 2. The summed E-state index contributed by atoms with van der Waals surface area (Å²) in [5, 5.41) is 2.91. The summed E-state index contributed by atoms with van der Waals surface area (Å²) in [7, 11) is 0. The third kappa shape index (κ3) is 5.81. The summed E-state index contributed by atoms with van der Waals surface area (Å²) in [6.07, 6.45) is 0. The van der Waals surface area contributed by atoms with Crippen LogP contribution in [0.25, 0.3) is 0 Å². The van der Waals surface area contributed by atoms with Gasteiger partial charge in [-0.25, -0.2) is 0 Å². The Labute approximate surface area is 172 Å². The van der Waals surface area contributed by atoms with E-state index in [9.17, 15) is 9.59 Å². The third-order valence-corrected chi connectivity index (χ3v) is 4.94. The van der Waals surface area contributed by atoms with Crippen molar-refractivity contribution in [3.63, 3.8) is 0 Å². The van der Waals surface area contributed by atoms with Gasteiger partial charge in [0.2, 0.25) is 5.91 Å². The fourth-order valence-electron chi connectivity index (χ4n) is 3.59. The van der Waals surface area contributed by atoms with Gasteiger partial charge in [0.15, 0.2) is 0 Å². The Kier molecular flexibility index (Phi) is 6.88. The molecule has 2 aromatic rings. The molecule has 2 amide bonds. The summed E-state index contributed by atoms with van der Waals surface area (Å²) in [5.41, 5.74) is 3.68. The molecule has 0 spiro atoms. The predicted molar refractivity (Wildman–Crippen MR) is 115 cm³/mol. The van der Waals surface area contributed by atoms with Crippen molar-refractivity contribution in [2.24, 2.45) is 0 Å². The van der Waals surface area contributed by atoms with Gasteiger partial charge >= 0.3 is 0 Å². The van der Waals surface area contributed by atoms with Gasteiger partial charge in [-0.05, 0) is 57.2 Å². The summed E-state index contributed by atoms with van der Waals surface area (Å²) in [6.45, 7) is 9.51. The number of piperazine rings is 1. The number of hydrogen-bond acceptors (Lipinski definition) is 4. The number of carbonyl (C=O) groups is 2. The lowest BCUT2D eigenvalue weighted by Crippen LogP contribution is -2.50. The van der Waals surface area contributed by atoms with Crippen LogP contribution in [0, 0.1) is 13.8 Å². The van der Waals surface area contributed by atoms with Crippen molar-refractivity contribution in [1.82, 2.24) is 9.80 Å². The maximum Gasteiger partial charge on any atom is 0.253 e. The molecule has 3 rings (SSSR count). The molecule has 1 aliphatic heterocycles. The molecule has 1 heterocycles. The number of ether oxygens (including phenoxy) is 1. The van der Waals surface area contributed by atoms with Gasteiger partial charge in [0.25, 0.3) is 5.91 Å². The molecule has 1 fully saturated rings. The van der Waals surface area contributed by atoms with Crippen molar-refractivity contribution >= 4 is 17.5 Å². The first-order valence-electron chi connectivity index (χ1n) is 10.1. The van der Waals surface area contributed by atoms with Gasteiger partial charge in [-0.15, -0.1) is 0 Å². The van der Waals surface area contributed by atoms with Crippen LogP contribution in [-0.4, -0.2) is 60.9 Å². The molecule has 0 aromatic heterocycles. The van der Waals surface area contributed by atoms with Crippen molar-refractivity contribution in [1.29, 1.82) is 0 Å². The quantitative estimate of drug-likeness (QED) is 0.817. The van der Waals surface area contributed by atoms with Crippen molar-refractivity contribution in [2.45, 2.75) is 20.8 Å². The number of rotatable bonds is 6. The van der Waals surface area contributed by atoms with Gasteiger partial charge in [0, 0.05) is 37.4 Å². The number of hydrogen-bond donors (Lipinski definition) is 1. The largest absolute Gasteiger partial charge is 0.494 e. The van der Waals surface area contributed by atoms with Crippen LogP contribution in [0.15, 0.2) is 42.5 Å². The van der Waals surface area contributed by atoms with Crippen LogP contribution < -0.4 is 10.1 Å². The molecule has 0 aliphatic carbocycles. The van der Waals surface area contributed by atoms with Crippen LogP contribution in [-0.2, 0) is 4.79 Å². The zero-order valence-corrected chi connectivity index (χ0v) is 17.4. The lowest BCUT2D eigenvalue weighted by atomic mass is 10.1. The van der Waals surface area contributed by atoms with E-state index in [-0.39, 0.29) is 11.8 Å². The number of anilines is 1. The highest BCUT2D eigenvalue weighted by Gasteiger charge is 2.23. The highest BCUT2D eigenvalue weighted by Crippen LogP contribution is 2.16. The SMILES string of the molecule is CCOc1ccc(NC(=O)CN2CCN(C(=O)c3cc(C)cc(C)c3)CC2)cc1. The second-order valence-corrected chi connectivity index (χ2v) is 7.45. The van der Waals surface area contributed by atoms with Gasteiger partial charge in [-0.2, -0.15) is 0 Å². The fourth-order valence-corrected chi connectivity index (χ4v) is 3.59. The van der Waals surface area contributed by atoms with Crippen molar-refractivity contribution in [3.8, 4) is 5.75 Å². The van der Waals surface area contributed by atoms with Gasteiger partial charge in [-0.1, -0.05) is 17.2 Å². The molecule has 1 aliphatic rings. The highest BCUT2D eigenvalue weighted by atomic mass is 16.5. The molecule has 0 atom stereocenters. The molecule has 1 N–H and O–H groups in total. The monoisotopic (exact) mass is 395 g/mol. The maximum absolute atomic E-state index is 12.8. The minimum absolute atomic E-state index is 0.0526. The predicted octanol–water partition coefficient (Wildman–Crippen LogP) is 3.10. The van der Waals surface area contributed by atoms with E-state index in [0.717, 1.165) is 28.1 Å². The van der Waals surface area contributed by atoms with Crippen LogP contribution in [0.4, 0.5) is 5.69 Å². The van der Waals surface area contributed by atoms with Crippen LogP contribution in [0.5, 0.6) is 5.75 Å². The van der Waals surface area contributed by atoms with E-state index >= 15 is 0 Å². The van der Waals surface area contributed by atoms with E-state index < -0.39 is 0 Å². The third-order valence-electron chi connectivity index (χ3n) is 4.94. The number of nitrogens with one attached hydrogen (secondary N) is 1. The average molecular weight is 396 g/mol. The molecule has 6 heteroatoms. The van der Waals surface area contributed by atoms with Crippen LogP contribution in [0.2, 0.25) is 0 Å². The smallest absolute Gasteiger partial charge is 0.253 e. The molecule has 0 bridgehead atoms. The molecule has 6 nitrogen and oxygen atoms in total. The second-order valence-electron chi connectivity index (χ2n) is 7.45. The van der Waals surface area contributed by atoms with Crippen LogP contribution in [0.1, 0.15) is 28.4 Å². The second kappa shape index (κ2) is 9.56. The number of nitrogens with zero attached hydrogens (tertiary/aromatic N) is 2. The summed E-state index contributed by atoms with van der Waals surface area (Å²) in [6, 6.07) is 13.3. The van der Waals surface area contributed by atoms with E-state index in [1.807, 2.05) is 62.1 Å². The molecule has 29 heavy (non-hydrogen) atoms. The van der Waals surface area contributed by atoms with Gasteiger partial charge < -0.3 is 15.0 Å². The average Bonchev–Trinajstić information content (AvgIpc) is 2.69. The summed E-state index contributed by atoms with van der Waals surface area (Å²) in [4.78, 5) is 29.1. The van der Waals surface area contributed by atoms with E-state index in [0.29, 0.717) is 39.3 Å². The van der Waals surface area contributed by atoms with E-state index in [1.165, 1.54) is 0 Å². The van der Waals surface area contributed by atoms with E-state index in [1.54, 1.807) is 0 Å². The lowest BCUT2D eigenvalue weighted by Gasteiger charge is -2.34. The van der Waals surface area contributed by atoms with E-state index in [4.69, 9.17) is 4.74 Å². The zero-order valence-electron chi connectivity index (χ0n) is 17.4. The Morgan fingerprint density at radius 1 is 0.966 bits per heavy atom. The van der Waals surface area contributed by atoms with E-state index in [2.05, 4.69) is 16.3 Å². The number of carbonyl (C=O) groups excluding carboxylic acids is 2. The standard InChI is InChI=1S/C23H29N3O3/c1-4-29-21-7-5-20(6-8-21)24-22(27)16-25-9-11-26(12-10-25)23(28)19-14-17(2)13-18(3)15-19/h5-8,13-15H,4,9-12,16H2,1-3H3,(H,24,27). The Bertz CT molecular complexity index is 836. The maximum atomic E-state index is 12.8. The lowest BCUT2D eigenvalue weighted by molar-refractivity contribution is -0.117. The summed E-state index contributed by atoms with van der Waals surface area (Å²) < 4.78 is 5.41. The van der Waals surface area contributed by atoms with Crippen molar-refractivity contribution in [3.05, 3.63) is 59.2 Å². The Morgan fingerprint density at radius 3 is 2.17 bits per heavy atom. The zero-order chi connectivity index (χ0) is 20.8. The molecular weight excluding hydrogens is 366 g/mol. The molecule has 0 unspecified atom stereocenters.